The van der Waals surface area contributed by atoms with E-state index < -0.39 is 0 Å². The van der Waals surface area contributed by atoms with Gasteiger partial charge in [0.15, 0.2) is 0 Å². The Morgan fingerprint density at radius 3 is 2.70 bits per heavy atom. The van der Waals surface area contributed by atoms with Crippen molar-refractivity contribution in [2.75, 3.05) is 7.11 Å². The lowest BCUT2D eigenvalue weighted by molar-refractivity contribution is 0.412. The highest BCUT2D eigenvalue weighted by atomic mass is 19.1. The Morgan fingerprint density at radius 2 is 1.97 bits per heavy atom. The number of aryl methyl sites for hydroxylation is 2. The minimum Gasteiger partial charge on any atom is -0.495 e. The summed E-state index contributed by atoms with van der Waals surface area (Å²) in [5.74, 6) is 1.06. The highest BCUT2D eigenvalue weighted by molar-refractivity contribution is 5.49. The molecule has 4 aromatic rings. The predicted octanol–water partition coefficient (Wildman–Crippen LogP) is 3.80. The van der Waals surface area contributed by atoms with Crippen LogP contribution in [0.15, 0.2) is 59.8 Å². The second-order valence-corrected chi connectivity index (χ2v) is 8.30. The van der Waals surface area contributed by atoms with Gasteiger partial charge in [-0.05, 0) is 55.2 Å². The molecule has 8 heteroatoms. The summed E-state index contributed by atoms with van der Waals surface area (Å²) < 4.78 is 22.7. The van der Waals surface area contributed by atoms with Crippen molar-refractivity contribution in [3.8, 4) is 11.4 Å². The topological polar surface area (TPSA) is 74.8 Å². The Kier molecular flexibility index (Phi) is 5.50. The molecule has 1 aliphatic heterocycles. The first-order valence-electron chi connectivity index (χ1n) is 10.9. The van der Waals surface area contributed by atoms with E-state index in [4.69, 9.17) is 4.74 Å². The summed E-state index contributed by atoms with van der Waals surface area (Å²) >= 11 is 0. The summed E-state index contributed by atoms with van der Waals surface area (Å²) in [7, 11) is 1.62. The lowest BCUT2D eigenvalue weighted by atomic mass is 9.96. The third-order valence-corrected chi connectivity index (χ3v) is 6.08. The van der Waals surface area contributed by atoms with Crippen molar-refractivity contribution >= 4 is 0 Å². The van der Waals surface area contributed by atoms with Gasteiger partial charge in [-0.1, -0.05) is 18.2 Å². The molecule has 0 fully saturated rings. The number of aromatic nitrogens is 5. The average Bonchev–Trinajstić information content (AvgIpc) is 3.27. The molecule has 0 saturated carbocycles. The van der Waals surface area contributed by atoms with Crippen molar-refractivity contribution in [3.63, 3.8) is 0 Å². The highest BCUT2D eigenvalue weighted by Gasteiger charge is 2.25. The molecular formula is C25H24FN5O2. The Balaban J connectivity index is 1.49. The zero-order chi connectivity index (χ0) is 22.9. The fourth-order valence-corrected chi connectivity index (χ4v) is 4.44. The van der Waals surface area contributed by atoms with Crippen molar-refractivity contribution in [2.45, 2.75) is 38.6 Å². The van der Waals surface area contributed by atoms with Gasteiger partial charge in [0.05, 0.1) is 30.9 Å². The summed E-state index contributed by atoms with van der Waals surface area (Å²) in [6, 6.07) is 12.0. The lowest BCUT2D eigenvalue weighted by Gasteiger charge is -2.27. The molecule has 0 amide bonds. The van der Waals surface area contributed by atoms with E-state index in [1.807, 2.05) is 35.9 Å². The first-order valence-corrected chi connectivity index (χ1v) is 10.9. The molecule has 2 aromatic carbocycles. The maximum absolute atomic E-state index is 13.5. The summed E-state index contributed by atoms with van der Waals surface area (Å²) in [6.07, 6.45) is 6.41. The predicted molar refractivity (Wildman–Crippen MR) is 121 cm³/mol. The van der Waals surface area contributed by atoms with Crippen molar-refractivity contribution in [1.82, 2.24) is 24.3 Å². The second kappa shape index (κ2) is 8.61. The molecule has 0 saturated heterocycles. The van der Waals surface area contributed by atoms with Gasteiger partial charge in [0.25, 0.3) is 5.56 Å². The lowest BCUT2D eigenvalue weighted by Crippen LogP contribution is -2.36. The van der Waals surface area contributed by atoms with Crippen molar-refractivity contribution < 1.29 is 9.13 Å². The van der Waals surface area contributed by atoms with Gasteiger partial charge >= 0.3 is 0 Å². The van der Waals surface area contributed by atoms with Gasteiger partial charge in [0, 0.05) is 19.0 Å². The standard InChI is InChI=1S/C25H24FN5O2/c1-16-14-30(15-27-16)22-11-6-17(13-23(22)33-2)12-20-25(32)31-21(4-3-5-24(31)29-28-20)18-7-9-19(26)10-8-18/h6-11,13-15,21H,3-5,12H2,1-2H3. The van der Waals surface area contributed by atoms with Crippen LogP contribution >= 0.6 is 0 Å². The summed E-state index contributed by atoms with van der Waals surface area (Å²) in [4.78, 5) is 17.7. The molecule has 0 bridgehead atoms. The number of ether oxygens (including phenoxy) is 1. The van der Waals surface area contributed by atoms with Gasteiger partial charge in [0.1, 0.15) is 23.1 Å². The molecule has 33 heavy (non-hydrogen) atoms. The van der Waals surface area contributed by atoms with E-state index in [0.717, 1.165) is 35.3 Å². The fourth-order valence-electron chi connectivity index (χ4n) is 4.44. The van der Waals surface area contributed by atoms with Crippen molar-refractivity contribution in [3.05, 3.63) is 99.5 Å². The summed E-state index contributed by atoms with van der Waals surface area (Å²) in [5.41, 5.74) is 3.80. The van der Waals surface area contributed by atoms with Crippen LogP contribution in [0.4, 0.5) is 4.39 Å². The Morgan fingerprint density at radius 1 is 1.15 bits per heavy atom. The Hall–Kier alpha value is -3.81. The van der Waals surface area contributed by atoms with Gasteiger partial charge in [-0.25, -0.2) is 9.37 Å². The number of rotatable bonds is 5. The number of halogens is 1. The molecular weight excluding hydrogens is 421 g/mol. The number of hydrogen-bond donors (Lipinski definition) is 0. The third kappa shape index (κ3) is 4.04. The van der Waals surface area contributed by atoms with Crippen LogP contribution in [0.2, 0.25) is 0 Å². The molecule has 7 nitrogen and oxygen atoms in total. The number of nitrogens with zero attached hydrogens (tertiary/aromatic N) is 5. The number of hydrogen-bond acceptors (Lipinski definition) is 5. The average molecular weight is 445 g/mol. The van der Waals surface area contributed by atoms with E-state index >= 15 is 0 Å². The van der Waals surface area contributed by atoms with E-state index in [1.165, 1.54) is 12.1 Å². The normalized spacial score (nSPS) is 15.3. The first-order chi connectivity index (χ1) is 16.0. The van der Waals surface area contributed by atoms with Gasteiger partial charge in [-0.2, -0.15) is 0 Å². The Bertz CT molecular complexity index is 1360. The van der Waals surface area contributed by atoms with E-state index in [0.29, 0.717) is 30.1 Å². The summed E-state index contributed by atoms with van der Waals surface area (Å²) in [6.45, 7) is 1.93. The molecule has 0 aliphatic carbocycles. The van der Waals surface area contributed by atoms with Gasteiger partial charge in [-0.15, -0.1) is 10.2 Å². The molecule has 5 rings (SSSR count). The minimum atomic E-state index is -0.293. The third-order valence-electron chi connectivity index (χ3n) is 6.08. The molecule has 1 unspecified atom stereocenters. The largest absolute Gasteiger partial charge is 0.495 e. The quantitative estimate of drug-likeness (QED) is 0.467. The van der Waals surface area contributed by atoms with Crippen LogP contribution in [0.3, 0.4) is 0 Å². The number of imidazole rings is 1. The smallest absolute Gasteiger partial charge is 0.276 e. The minimum absolute atomic E-state index is 0.151. The van der Waals surface area contributed by atoms with Gasteiger partial charge in [-0.3, -0.25) is 9.36 Å². The molecule has 1 atom stereocenters. The SMILES string of the molecule is COc1cc(Cc2nnc3n(c2=O)C(c2ccc(F)cc2)CCC3)ccc1-n1cnc(C)c1. The van der Waals surface area contributed by atoms with Crippen LogP contribution in [-0.4, -0.2) is 31.4 Å². The zero-order valence-corrected chi connectivity index (χ0v) is 18.5. The van der Waals surface area contributed by atoms with E-state index in [-0.39, 0.29) is 17.4 Å². The second-order valence-electron chi connectivity index (χ2n) is 8.30. The van der Waals surface area contributed by atoms with Crippen LogP contribution < -0.4 is 10.3 Å². The molecule has 1 aliphatic rings. The monoisotopic (exact) mass is 445 g/mol. The van der Waals surface area contributed by atoms with Crippen LogP contribution in [0.25, 0.3) is 5.69 Å². The molecule has 0 radical (unpaired) electrons. The maximum Gasteiger partial charge on any atom is 0.276 e. The van der Waals surface area contributed by atoms with Crippen molar-refractivity contribution in [2.24, 2.45) is 0 Å². The van der Waals surface area contributed by atoms with Crippen LogP contribution in [-0.2, 0) is 12.8 Å². The zero-order valence-electron chi connectivity index (χ0n) is 18.5. The molecule has 3 heterocycles. The fraction of sp³-hybridized carbons (Fsp3) is 0.280. The first kappa shape index (κ1) is 21.1. The van der Waals surface area contributed by atoms with Crippen LogP contribution in [0.1, 0.15) is 47.2 Å². The van der Waals surface area contributed by atoms with Gasteiger partial charge < -0.3 is 9.30 Å². The molecule has 0 N–H and O–H groups in total. The molecule has 0 spiro atoms. The van der Waals surface area contributed by atoms with E-state index in [1.54, 1.807) is 30.1 Å². The summed E-state index contributed by atoms with van der Waals surface area (Å²) in [5, 5.41) is 8.64. The maximum atomic E-state index is 13.5. The van der Waals surface area contributed by atoms with Crippen LogP contribution in [0, 0.1) is 12.7 Å². The Labute approximate surface area is 190 Å². The van der Waals surface area contributed by atoms with E-state index in [9.17, 15) is 9.18 Å². The highest BCUT2D eigenvalue weighted by Crippen LogP contribution is 2.29. The van der Waals surface area contributed by atoms with Crippen LogP contribution in [0.5, 0.6) is 5.75 Å². The number of methoxy groups -OCH3 is 1. The molecule has 168 valence electrons. The van der Waals surface area contributed by atoms with Gasteiger partial charge in [0.2, 0.25) is 0 Å². The number of benzene rings is 2. The molecule has 2 aromatic heterocycles. The number of fused-ring (bicyclic) bond motifs is 1. The van der Waals surface area contributed by atoms with E-state index in [2.05, 4.69) is 15.2 Å². The van der Waals surface area contributed by atoms with Crippen molar-refractivity contribution in [1.29, 1.82) is 0 Å².